The second-order valence-corrected chi connectivity index (χ2v) is 7.98. The molecular weight excluding hydrogens is 376 g/mol. The van der Waals surface area contributed by atoms with E-state index in [2.05, 4.69) is 94.8 Å². The minimum Gasteiger partial charge on any atom is -0.0888 e. The topological polar surface area (TPSA) is 0 Å². The summed E-state index contributed by atoms with van der Waals surface area (Å²) in [6.45, 7) is 0. The van der Waals surface area contributed by atoms with E-state index in [1.54, 1.807) is 0 Å². The van der Waals surface area contributed by atoms with E-state index in [1.165, 1.54) is 42.8 Å². The van der Waals surface area contributed by atoms with Gasteiger partial charge in [-0.2, -0.15) is 0 Å². The van der Waals surface area contributed by atoms with Crippen molar-refractivity contribution in [2.75, 3.05) is 0 Å². The first-order valence-corrected chi connectivity index (χ1v) is 9.50. The second kappa shape index (κ2) is 5.51. The van der Waals surface area contributed by atoms with Crippen molar-refractivity contribution < 1.29 is 0 Å². The molecule has 24 heavy (non-hydrogen) atoms. The molecule has 0 N–H and O–H groups in total. The second-order valence-electron chi connectivity index (χ2n) is 5.98. The Morgan fingerprint density at radius 3 is 2.21 bits per heavy atom. The lowest BCUT2D eigenvalue weighted by atomic mass is 9.95. The minimum atomic E-state index is 1.11. The zero-order valence-electron chi connectivity index (χ0n) is 12.8. The molecule has 1 heterocycles. The lowest BCUT2D eigenvalue weighted by Crippen LogP contribution is -1.93. The third-order valence-corrected chi connectivity index (χ3v) is 6.18. The first-order valence-electron chi connectivity index (χ1n) is 7.89. The van der Waals surface area contributed by atoms with Crippen LogP contribution in [0.1, 0.15) is 0 Å². The van der Waals surface area contributed by atoms with Gasteiger partial charge in [-0.3, -0.25) is 0 Å². The van der Waals surface area contributed by atoms with Crippen LogP contribution in [-0.4, -0.2) is 0 Å². The largest absolute Gasteiger partial charge is 0.0888 e. The normalized spacial score (nSPS) is 12.2. The van der Waals surface area contributed by atoms with Crippen LogP contribution in [0.5, 0.6) is 0 Å². The summed E-state index contributed by atoms with van der Waals surface area (Å²) in [6, 6.07) is 28.5. The van der Waals surface area contributed by atoms with E-state index in [-0.39, 0.29) is 0 Å². The number of hydrogen-bond acceptors (Lipinski definition) is 1. The molecule has 0 fully saturated rings. The van der Waals surface area contributed by atoms with Crippen molar-refractivity contribution in [2.24, 2.45) is 0 Å². The third-order valence-electron chi connectivity index (χ3n) is 4.54. The van der Waals surface area contributed by atoms with Crippen LogP contribution in [0.15, 0.2) is 93.1 Å². The monoisotopic (exact) mass is 388 g/mol. The molecule has 2 heteroatoms. The van der Waals surface area contributed by atoms with Gasteiger partial charge < -0.3 is 0 Å². The molecule has 0 saturated heterocycles. The molecule has 0 spiro atoms. The molecule has 0 amide bonds. The number of benzene rings is 4. The highest BCUT2D eigenvalue weighted by Gasteiger charge is 2.19. The van der Waals surface area contributed by atoms with E-state index in [9.17, 15) is 0 Å². The van der Waals surface area contributed by atoms with Gasteiger partial charge in [-0.05, 0) is 51.9 Å². The molecule has 0 aliphatic carbocycles. The minimum absolute atomic E-state index is 1.11. The van der Waals surface area contributed by atoms with Gasteiger partial charge in [0.05, 0.1) is 0 Å². The van der Waals surface area contributed by atoms with Gasteiger partial charge in [-0.15, -0.1) is 0 Å². The molecule has 0 aromatic heterocycles. The Labute approximate surface area is 153 Å². The Morgan fingerprint density at radius 2 is 1.38 bits per heavy atom. The molecular formula is C22H13BrS. The maximum absolute atomic E-state index is 3.51. The van der Waals surface area contributed by atoms with Crippen LogP contribution in [0.2, 0.25) is 0 Å². The summed E-state index contributed by atoms with van der Waals surface area (Å²) in [5.41, 5.74) is 5.20. The third kappa shape index (κ3) is 2.21. The Bertz CT molecular complexity index is 1080. The smallest absolute Gasteiger partial charge is 0.0207 e. The van der Waals surface area contributed by atoms with Crippen LogP contribution in [-0.2, 0) is 0 Å². The molecule has 1 aliphatic rings. The first kappa shape index (κ1) is 14.3. The van der Waals surface area contributed by atoms with Crippen molar-refractivity contribution in [1.82, 2.24) is 0 Å². The Hall–Kier alpha value is -2.03. The molecule has 4 aromatic carbocycles. The van der Waals surface area contributed by atoms with Gasteiger partial charge in [0.25, 0.3) is 0 Å². The SMILES string of the molecule is Brc1ccc(-c2ccc3c(c2)Sc2cccc4cccc-3c24)cc1. The maximum Gasteiger partial charge on any atom is 0.0207 e. The molecule has 0 bridgehead atoms. The highest BCUT2D eigenvalue weighted by atomic mass is 79.9. The molecule has 0 nitrogen and oxygen atoms in total. The van der Waals surface area contributed by atoms with Crippen molar-refractivity contribution in [3.63, 3.8) is 0 Å². The summed E-state index contributed by atoms with van der Waals surface area (Å²) in [7, 11) is 0. The average molecular weight is 389 g/mol. The van der Waals surface area contributed by atoms with Crippen LogP contribution < -0.4 is 0 Å². The molecule has 0 unspecified atom stereocenters. The molecule has 5 rings (SSSR count). The van der Waals surface area contributed by atoms with Crippen LogP contribution in [0.3, 0.4) is 0 Å². The summed E-state index contributed by atoms with van der Waals surface area (Å²) in [6.07, 6.45) is 0. The van der Waals surface area contributed by atoms with E-state index in [1.807, 2.05) is 11.8 Å². The van der Waals surface area contributed by atoms with E-state index >= 15 is 0 Å². The zero-order valence-corrected chi connectivity index (χ0v) is 15.2. The van der Waals surface area contributed by atoms with Crippen LogP contribution in [0.25, 0.3) is 33.0 Å². The molecule has 1 aliphatic heterocycles. The van der Waals surface area contributed by atoms with Gasteiger partial charge in [-0.25, -0.2) is 0 Å². The maximum atomic E-state index is 3.51. The average Bonchev–Trinajstić information content (AvgIpc) is 2.62. The number of rotatable bonds is 1. The summed E-state index contributed by atoms with van der Waals surface area (Å²) in [5.74, 6) is 0. The summed E-state index contributed by atoms with van der Waals surface area (Å²) in [4.78, 5) is 2.69. The summed E-state index contributed by atoms with van der Waals surface area (Å²) in [5, 5.41) is 2.70. The van der Waals surface area contributed by atoms with Gasteiger partial charge in [0, 0.05) is 19.6 Å². The van der Waals surface area contributed by atoms with E-state index in [0.29, 0.717) is 0 Å². The first-order chi connectivity index (χ1) is 11.8. The quantitative estimate of drug-likeness (QED) is 0.288. The van der Waals surface area contributed by atoms with Crippen molar-refractivity contribution in [3.05, 3.63) is 83.3 Å². The van der Waals surface area contributed by atoms with Gasteiger partial charge in [0.1, 0.15) is 0 Å². The summed E-state index contributed by atoms with van der Waals surface area (Å²) < 4.78 is 1.11. The molecule has 0 atom stereocenters. The number of hydrogen-bond donors (Lipinski definition) is 0. The Balaban J connectivity index is 1.72. The van der Waals surface area contributed by atoms with Crippen molar-refractivity contribution in [1.29, 1.82) is 0 Å². The van der Waals surface area contributed by atoms with Crippen LogP contribution in [0.4, 0.5) is 0 Å². The molecule has 0 saturated carbocycles. The van der Waals surface area contributed by atoms with Crippen LogP contribution in [0, 0.1) is 0 Å². The van der Waals surface area contributed by atoms with Crippen molar-refractivity contribution in [3.8, 4) is 22.3 Å². The fourth-order valence-corrected chi connectivity index (χ4v) is 4.84. The molecule has 4 aromatic rings. The highest BCUT2D eigenvalue weighted by molar-refractivity contribution is 9.10. The Kier molecular flexibility index (Phi) is 3.29. The van der Waals surface area contributed by atoms with Crippen molar-refractivity contribution in [2.45, 2.75) is 9.79 Å². The lowest BCUT2D eigenvalue weighted by molar-refractivity contribution is 1.39. The molecule has 0 radical (unpaired) electrons. The van der Waals surface area contributed by atoms with Gasteiger partial charge >= 0.3 is 0 Å². The predicted molar refractivity (Wildman–Crippen MR) is 107 cm³/mol. The van der Waals surface area contributed by atoms with E-state index < -0.39 is 0 Å². The van der Waals surface area contributed by atoms with Crippen LogP contribution >= 0.6 is 27.7 Å². The lowest BCUT2D eigenvalue weighted by Gasteiger charge is -2.21. The standard InChI is InChI=1S/C22H13BrS/c23-17-10-7-14(8-11-17)16-9-12-18-19-5-1-3-15-4-2-6-20(22(15)19)24-21(18)13-16/h1-13H. The van der Waals surface area contributed by atoms with E-state index in [4.69, 9.17) is 0 Å². The van der Waals surface area contributed by atoms with E-state index in [0.717, 1.165) is 4.47 Å². The predicted octanol–water partition coefficient (Wildman–Crippen LogP) is 7.40. The fourth-order valence-electron chi connectivity index (χ4n) is 3.39. The summed E-state index contributed by atoms with van der Waals surface area (Å²) >= 11 is 5.39. The number of fused-ring (bicyclic) bond motifs is 2. The fraction of sp³-hybridized carbons (Fsp3) is 0. The molecule has 114 valence electrons. The van der Waals surface area contributed by atoms with Crippen molar-refractivity contribution >= 4 is 38.5 Å². The van der Waals surface area contributed by atoms with Gasteiger partial charge in [-0.1, -0.05) is 82.3 Å². The van der Waals surface area contributed by atoms with Gasteiger partial charge in [0.15, 0.2) is 0 Å². The zero-order chi connectivity index (χ0) is 16.1. The van der Waals surface area contributed by atoms with Gasteiger partial charge in [0.2, 0.25) is 0 Å². The number of halogens is 1. The Morgan fingerprint density at radius 1 is 0.625 bits per heavy atom. The highest BCUT2D eigenvalue weighted by Crippen LogP contribution is 2.48.